The second kappa shape index (κ2) is 5.07. The van der Waals surface area contributed by atoms with E-state index in [0.717, 1.165) is 25.9 Å². The van der Waals surface area contributed by atoms with Gasteiger partial charge in [0, 0.05) is 13.5 Å². The molecule has 0 aliphatic carbocycles. The Hall–Kier alpha value is -1.43. The average Bonchev–Trinajstić information content (AvgIpc) is 2.65. The highest BCUT2D eigenvalue weighted by Crippen LogP contribution is 2.16. The zero-order chi connectivity index (χ0) is 11.4. The molecule has 0 bridgehead atoms. The molecular formula is C10H17N5O. The van der Waals surface area contributed by atoms with Gasteiger partial charge in [-0.05, 0) is 31.8 Å². The van der Waals surface area contributed by atoms with Crippen molar-refractivity contribution in [2.24, 2.45) is 13.0 Å². The molecule has 6 heteroatoms. The molecule has 88 valence electrons. The van der Waals surface area contributed by atoms with E-state index < -0.39 is 0 Å². The van der Waals surface area contributed by atoms with Gasteiger partial charge in [-0.1, -0.05) is 0 Å². The summed E-state index contributed by atoms with van der Waals surface area (Å²) in [5.41, 5.74) is 0. The van der Waals surface area contributed by atoms with Crippen LogP contribution in [0, 0.1) is 5.92 Å². The maximum absolute atomic E-state index is 11.7. The first-order chi connectivity index (χ1) is 7.74. The second-order valence-electron chi connectivity index (χ2n) is 4.19. The van der Waals surface area contributed by atoms with E-state index in [4.69, 9.17) is 0 Å². The number of aryl methyl sites for hydroxylation is 1. The summed E-state index contributed by atoms with van der Waals surface area (Å²) in [6.45, 7) is 2.03. The van der Waals surface area contributed by atoms with Gasteiger partial charge in [-0.3, -0.25) is 14.8 Å². The van der Waals surface area contributed by atoms with Crippen molar-refractivity contribution in [2.75, 3.05) is 18.4 Å². The average molecular weight is 223 g/mol. The van der Waals surface area contributed by atoms with Crippen molar-refractivity contribution in [3.05, 3.63) is 6.33 Å². The second-order valence-corrected chi connectivity index (χ2v) is 4.19. The summed E-state index contributed by atoms with van der Waals surface area (Å²) in [6, 6.07) is 0. The molecule has 0 unspecified atom stereocenters. The standard InChI is InChI=1S/C10H17N5O/c1-15-7-12-10(14-15)13-9(16)6-8-2-4-11-5-3-8/h7-8,11H,2-6H2,1H3,(H,13,14,16). The minimum atomic E-state index is 0.0121. The number of carbonyl (C=O) groups excluding carboxylic acids is 1. The van der Waals surface area contributed by atoms with Crippen molar-refractivity contribution in [3.8, 4) is 0 Å². The Bertz CT molecular complexity index is 356. The molecule has 1 saturated heterocycles. The number of piperidine rings is 1. The van der Waals surface area contributed by atoms with Gasteiger partial charge in [0.25, 0.3) is 0 Å². The first-order valence-corrected chi connectivity index (χ1v) is 5.60. The maximum atomic E-state index is 11.7. The Balaban J connectivity index is 1.79. The fourth-order valence-corrected chi connectivity index (χ4v) is 1.92. The van der Waals surface area contributed by atoms with Gasteiger partial charge in [0.1, 0.15) is 6.33 Å². The number of aromatic nitrogens is 3. The molecule has 0 atom stereocenters. The Morgan fingerprint density at radius 2 is 2.38 bits per heavy atom. The lowest BCUT2D eigenvalue weighted by Gasteiger charge is -2.21. The van der Waals surface area contributed by atoms with Gasteiger partial charge in [0.05, 0.1) is 0 Å². The number of hydrogen-bond acceptors (Lipinski definition) is 4. The van der Waals surface area contributed by atoms with E-state index in [9.17, 15) is 4.79 Å². The zero-order valence-electron chi connectivity index (χ0n) is 9.44. The summed E-state index contributed by atoms with van der Waals surface area (Å²) in [5.74, 6) is 0.893. The molecule has 6 nitrogen and oxygen atoms in total. The van der Waals surface area contributed by atoms with E-state index in [0.29, 0.717) is 18.3 Å². The van der Waals surface area contributed by atoms with Crippen LogP contribution in [-0.2, 0) is 11.8 Å². The van der Waals surface area contributed by atoms with E-state index in [1.54, 1.807) is 18.1 Å². The minimum absolute atomic E-state index is 0.0121. The molecule has 0 aromatic carbocycles. The maximum Gasteiger partial charge on any atom is 0.248 e. The molecule has 1 amide bonds. The van der Waals surface area contributed by atoms with Crippen LogP contribution in [0.4, 0.5) is 5.95 Å². The van der Waals surface area contributed by atoms with Crippen LogP contribution in [-0.4, -0.2) is 33.8 Å². The normalized spacial score (nSPS) is 17.3. The quantitative estimate of drug-likeness (QED) is 0.764. The summed E-state index contributed by atoms with van der Waals surface area (Å²) < 4.78 is 1.57. The van der Waals surface area contributed by atoms with E-state index in [-0.39, 0.29) is 5.91 Å². The van der Waals surface area contributed by atoms with Gasteiger partial charge >= 0.3 is 0 Å². The third kappa shape index (κ3) is 3.03. The molecule has 1 aromatic rings. The zero-order valence-corrected chi connectivity index (χ0v) is 9.44. The van der Waals surface area contributed by atoms with Gasteiger partial charge in [-0.2, -0.15) is 0 Å². The molecule has 2 N–H and O–H groups in total. The molecule has 0 radical (unpaired) electrons. The van der Waals surface area contributed by atoms with Crippen molar-refractivity contribution < 1.29 is 4.79 Å². The van der Waals surface area contributed by atoms with Crippen LogP contribution in [0.15, 0.2) is 6.33 Å². The van der Waals surface area contributed by atoms with E-state index in [1.807, 2.05) is 0 Å². The molecule has 1 aliphatic heterocycles. The molecule has 0 saturated carbocycles. The minimum Gasteiger partial charge on any atom is -0.317 e. The van der Waals surface area contributed by atoms with Crippen LogP contribution in [0.1, 0.15) is 19.3 Å². The summed E-state index contributed by atoms with van der Waals surface area (Å²) in [6.07, 6.45) is 4.28. The lowest BCUT2D eigenvalue weighted by Crippen LogP contribution is -2.30. The Labute approximate surface area is 94.4 Å². The molecule has 1 fully saturated rings. The topological polar surface area (TPSA) is 71.8 Å². The summed E-state index contributed by atoms with van der Waals surface area (Å²) in [7, 11) is 1.77. The highest BCUT2D eigenvalue weighted by molar-refractivity contribution is 5.88. The smallest absolute Gasteiger partial charge is 0.248 e. The van der Waals surface area contributed by atoms with Crippen molar-refractivity contribution in [1.29, 1.82) is 0 Å². The Kier molecular flexibility index (Phi) is 3.51. The van der Waals surface area contributed by atoms with Gasteiger partial charge < -0.3 is 5.32 Å². The lowest BCUT2D eigenvalue weighted by atomic mass is 9.94. The van der Waals surface area contributed by atoms with Gasteiger partial charge in [0.2, 0.25) is 11.9 Å². The molecule has 16 heavy (non-hydrogen) atoms. The fourth-order valence-electron chi connectivity index (χ4n) is 1.92. The molecule has 1 aliphatic rings. The Morgan fingerprint density at radius 3 is 3.00 bits per heavy atom. The van der Waals surface area contributed by atoms with Gasteiger partial charge in [-0.25, -0.2) is 4.98 Å². The van der Waals surface area contributed by atoms with Gasteiger partial charge in [0.15, 0.2) is 0 Å². The summed E-state index contributed by atoms with van der Waals surface area (Å²) >= 11 is 0. The van der Waals surface area contributed by atoms with Crippen LogP contribution in [0.5, 0.6) is 0 Å². The highest BCUT2D eigenvalue weighted by atomic mass is 16.1. The first kappa shape index (κ1) is 11.1. The summed E-state index contributed by atoms with van der Waals surface area (Å²) in [5, 5.41) is 9.99. The highest BCUT2D eigenvalue weighted by Gasteiger charge is 2.17. The fraction of sp³-hybridized carbons (Fsp3) is 0.700. The first-order valence-electron chi connectivity index (χ1n) is 5.60. The predicted molar refractivity (Wildman–Crippen MR) is 59.8 cm³/mol. The monoisotopic (exact) mass is 223 g/mol. The number of hydrogen-bond donors (Lipinski definition) is 2. The van der Waals surface area contributed by atoms with E-state index >= 15 is 0 Å². The molecule has 0 spiro atoms. The molecular weight excluding hydrogens is 206 g/mol. The number of nitrogens with zero attached hydrogens (tertiary/aromatic N) is 3. The predicted octanol–water partition coefficient (Wildman–Crippen LogP) is 0.143. The third-order valence-electron chi connectivity index (χ3n) is 2.78. The summed E-state index contributed by atoms with van der Waals surface area (Å²) in [4.78, 5) is 15.6. The van der Waals surface area contributed by atoms with Crippen molar-refractivity contribution in [3.63, 3.8) is 0 Å². The molecule has 1 aromatic heterocycles. The van der Waals surface area contributed by atoms with E-state index in [1.165, 1.54) is 0 Å². The van der Waals surface area contributed by atoms with E-state index in [2.05, 4.69) is 20.7 Å². The van der Waals surface area contributed by atoms with Crippen LogP contribution >= 0.6 is 0 Å². The third-order valence-corrected chi connectivity index (χ3v) is 2.78. The number of carbonyl (C=O) groups is 1. The van der Waals surface area contributed by atoms with Crippen molar-refractivity contribution in [1.82, 2.24) is 20.1 Å². The SMILES string of the molecule is Cn1cnc(NC(=O)CC2CCNCC2)n1. The lowest BCUT2D eigenvalue weighted by molar-refractivity contribution is -0.117. The van der Waals surface area contributed by atoms with Crippen molar-refractivity contribution in [2.45, 2.75) is 19.3 Å². The number of amides is 1. The number of anilines is 1. The van der Waals surface area contributed by atoms with Crippen molar-refractivity contribution >= 4 is 11.9 Å². The largest absolute Gasteiger partial charge is 0.317 e. The number of rotatable bonds is 3. The number of nitrogens with one attached hydrogen (secondary N) is 2. The van der Waals surface area contributed by atoms with Crippen LogP contribution in [0.2, 0.25) is 0 Å². The molecule has 2 rings (SSSR count). The molecule has 2 heterocycles. The van der Waals surface area contributed by atoms with Gasteiger partial charge in [-0.15, -0.1) is 5.10 Å². The van der Waals surface area contributed by atoms with Crippen LogP contribution in [0.25, 0.3) is 0 Å². The Morgan fingerprint density at radius 1 is 1.62 bits per heavy atom. The van der Waals surface area contributed by atoms with Crippen LogP contribution < -0.4 is 10.6 Å². The van der Waals surface area contributed by atoms with Crippen LogP contribution in [0.3, 0.4) is 0 Å².